The number of methoxy groups -OCH3 is 1. The van der Waals surface area contributed by atoms with Crippen molar-refractivity contribution in [1.29, 1.82) is 0 Å². The van der Waals surface area contributed by atoms with Gasteiger partial charge in [0, 0.05) is 5.92 Å². The van der Waals surface area contributed by atoms with Gasteiger partial charge in [0.25, 0.3) is 0 Å². The highest BCUT2D eigenvalue weighted by Gasteiger charge is 2.13. The normalized spacial score (nSPS) is 16.2. The Labute approximate surface area is 91.1 Å². The molecular weight excluding hydrogens is 184 g/mol. The highest BCUT2D eigenvalue weighted by molar-refractivity contribution is 5.45. The molecule has 1 aliphatic rings. The molecule has 78 valence electrons. The average Bonchev–Trinajstić information content (AvgIpc) is 2.59. The van der Waals surface area contributed by atoms with Gasteiger partial charge in [-0.1, -0.05) is 35.4 Å². The Kier molecular flexibility index (Phi) is 2.63. The maximum absolute atomic E-state index is 5.14. The van der Waals surface area contributed by atoms with Gasteiger partial charge in [0.05, 0.1) is 7.11 Å². The molecule has 0 aromatic heterocycles. The summed E-state index contributed by atoms with van der Waals surface area (Å²) in [5, 5.41) is 0. The van der Waals surface area contributed by atoms with Gasteiger partial charge in [-0.05, 0) is 31.5 Å². The van der Waals surface area contributed by atoms with Crippen molar-refractivity contribution in [1.82, 2.24) is 0 Å². The molecule has 0 unspecified atom stereocenters. The van der Waals surface area contributed by atoms with E-state index in [0.29, 0.717) is 5.92 Å². The molecule has 0 amide bonds. The first-order chi connectivity index (χ1) is 7.20. The minimum Gasteiger partial charge on any atom is -0.497 e. The van der Waals surface area contributed by atoms with Gasteiger partial charge < -0.3 is 4.74 Å². The average molecular weight is 200 g/mol. The lowest BCUT2D eigenvalue weighted by molar-refractivity contribution is 0.414. The zero-order chi connectivity index (χ0) is 10.8. The van der Waals surface area contributed by atoms with E-state index >= 15 is 0 Å². The van der Waals surface area contributed by atoms with E-state index in [1.165, 1.54) is 16.7 Å². The van der Waals surface area contributed by atoms with Crippen molar-refractivity contribution in [3.05, 3.63) is 53.1 Å². The summed E-state index contributed by atoms with van der Waals surface area (Å²) in [6.45, 7) is 4.32. The summed E-state index contributed by atoms with van der Waals surface area (Å²) < 4.78 is 5.14. The van der Waals surface area contributed by atoms with Crippen molar-refractivity contribution >= 4 is 0 Å². The molecule has 1 aromatic rings. The van der Waals surface area contributed by atoms with E-state index in [1.54, 1.807) is 7.11 Å². The third-order valence-corrected chi connectivity index (χ3v) is 2.98. The lowest BCUT2D eigenvalue weighted by Gasteiger charge is -2.06. The summed E-state index contributed by atoms with van der Waals surface area (Å²) in [4.78, 5) is 0. The molecule has 1 aromatic carbocycles. The van der Waals surface area contributed by atoms with Crippen LogP contribution in [-0.4, -0.2) is 7.11 Å². The van der Waals surface area contributed by atoms with Crippen LogP contribution in [0.3, 0.4) is 0 Å². The lowest BCUT2D eigenvalue weighted by atomic mass is 10.0. The molecule has 0 fully saturated rings. The van der Waals surface area contributed by atoms with Gasteiger partial charge in [-0.3, -0.25) is 0 Å². The van der Waals surface area contributed by atoms with E-state index in [9.17, 15) is 0 Å². The van der Waals surface area contributed by atoms with E-state index < -0.39 is 0 Å². The Bertz CT molecular complexity index is 391. The van der Waals surface area contributed by atoms with Gasteiger partial charge in [0.2, 0.25) is 0 Å². The van der Waals surface area contributed by atoms with Gasteiger partial charge in [0.15, 0.2) is 0 Å². The summed E-state index contributed by atoms with van der Waals surface area (Å²) in [5.41, 5.74) is 4.10. The van der Waals surface area contributed by atoms with Gasteiger partial charge in [-0.25, -0.2) is 0 Å². The second-order valence-electron chi connectivity index (χ2n) is 4.00. The minimum absolute atomic E-state index is 0.441. The van der Waals surface area contributed by atoms with Crippen LogP contribution in [-0.2, 0) is 0 Å². The molecular formula is C14H16O. The molecule has 0 heterocycles. The lowest BCUT2D eigenvalue weighted by Crippen LogP contribution is -1.89. The Hall–Kier alpha value is -1.50. The number of hydrogen-bond acceptors (Lipinski definition) is 1. The topological polar surface area (TPSA) is 9.23 Å². The Morgan fingerprint density at radius 1 is 0.933 bits per heavy atom. The third kappa shape index (κ3) is 1.96. The van der Waals surface area contributed by atoms with Crippen molar-refractivity contribution in [2.75, 3.05) is 7.11 Å². The fraction of sp³-hybridized carbons (Fsp3) is 0.286. The number of hydrogen-bond donors (Lipinski definition) is 0. The van der Waals surface area contributed by atoms with Crippen LogP contribution in [0.25, 0.3) is 0 Å². The molecule has 1 nitrogen and oxygen atoms in total. The molecule has 1 heteroatoms. The van der Waals surface area contributed by atoms with Gasteiger partial charge in [-0.15, -0.1) is 0 Å². The Balaban J connectivity index is 2.25. The molecule has 0 saturated heterocycles. The van der Waals surface area contributed by atoms with Crippen molar-refractivity contribution in [2.24, 2.45) is 0 Å². The van der Waals surface area contributed by atoms with Crippen LogP contribution in [0.1, 0.15) is 25.3 Å². The predicted octanol–water partition coefficient (Wildman–Crippen LogP) is 3.69. The number of ether oxygens (including phenoxy) is 1. The zero-order valence-corrected chi connectivity index (χ0v) is 9.45. The van der Waals surface area contributed by atoms with E-state index in [2.05, 4.69) is 38.1 Å². The molecule has 2 rings (SSSR count). The smallest absolute Gasteiger partial charge is 0.118 e. The third-order valence-electron chi connectivity index (χ3n) is 2.98. The van der Waals surface area contributed by atoms with Crippen molar-refractivity contribution < 1.29 is 4.74 Å². The second kappa shape index (κ2) is 3.93. The fourth-order valence-electron chi connectivity index (χ4n) is 1.87. The van der Waals surface area contributed by atoms with Crippen LogP contribution in [0.2, 0.25) is 0 Å². The monoisotopic (exact) mass is 200 g/mol. The largest absolute Gasteiger partial charge is 0.497 e. The zero-order valence-electron chi connectivity index (χ0n) is 9.45. The molecule has 0 aliphatic heterocycles. The predicted molar refractivity (Wildman–Crippen MR) is 63.2 cm³/mol. The van der Waals surface area contributed by atoms with Crippen LogP contribution < -0.4 is 4.74 Å². The van der Waals surface area contributed by atoms with Crippen LogP contribution in [0, 0.1) is 0 Å². The van der Waals surface area contributed by atoms with Gasteiger partial charge >= 0.3 is 0 Å². The summed E-state index contributed by atoms with van der Waals surface area (Å²) in [7, 11) is 1.69. The van der Waals surface area contributed by atoms with Gasteiger partial charge in [-0.2, -0.15) is 0 Å². The van der Waals surface area contributed by atoms with Crippen LogP contribution in [0.15, 0.2) is 47.6 Å². The van der Waals surface area contributed by atoms with E-state index in [4.69, 9.17) is 4.74 Å². The van der Waals surface area contributed by atoms with Crippen molar-refractivity contribution in [3.8, 4) is 5.75 Å². The first kappa shape index (κ1) is 10.0. The quantitative estimate of drug-likeness (QED) is 0.707. The molecule has 0 atom stereocenters. The van der Waals surface area contributed by atoms with E-state index in [-0.39, 0.29) is 0 Å². The SMILES string of the molecule is COc1ccc(C2C=C(C)C(C)=C2)cc1. The summed E-state index contributed by atoms with van der Waals surface area (Å²) >= 11 is 0. The number of allylic oxidation sites excluding steroid dienone is 4. The fourth-order valence-corrected chi connectivity index (χ4v) is 1.87. The maximum atomic E-state index is 5.14. The minimum atomic E-state index is 0.441. The molecule has 0 spiro atoms. The Morgan fingerprint density at radius 2 is 1.47 bits per heavy atom. The maximum Gasteiger partial charge on any atom is 0.118 e. The summed E-state index contributed by atoms with van der Waals surface area (Å²) in [5.74, 6) is 1.36. The second-order valence-corrected chi connectivity index (χ2v) is 4.00. The van der Waals surface area contributed by atoms with E-state index in [1.807, 2.05) is 12.1 Å². The summed E-state index contributed by atoms with van der Waals surface area (Å²) in [6.07, 6.45) is 4.61. The highest BCUT2D eigenvalue weighted by Crippen LogP contribution is 2.31. The Morgan fingerprint density at radius 3 is 1.93 bits per heavy atom. The molecule has 0 bridgehead atoms. The highest BCUT2D eigenvalue weighted by atomic mass is 16.5. The first-order valence-corrected chi connectivity index (χ1v) is 5.22. The van der Waals surface area contributed by atoms with Crippen molar-refractivity contribution in [3.63, 3.8) is 0 Å². The number of rotatable bonds is 2. The first-order valence-electron chi connectivity index (χ1n) is 5.22. The van der Waals surface area contributed by atoms with E-state index in [0.717, 1.165) is 5.75 Å². The van der Waals surface area contributed by atoms with Crippen molar-refractivity contribution in [2.45, 2.75) is 19.8 Å². The molecule has 15 heavy (non-hydrogen) atoms. The molecule has 1 aliphatic carbocycles. The van der Waals surface area contributed by atoms with Crippen LogP contribution in [0.4, 0.5) is 0 Å². The van der Waals surface area contributed by atoms with Crippen LogP contribution in [0.5, 0.6) is 5.75 Å². The molecule has 0 radical (unpaired) electrons. The summed E-state index contributed by atoms with van der Waals surface area (Å²) in [6, 6.07) is 8.28. The van der Waals surface area contributed by atoms with Crippen LogP contribution >= 0.6 is 0 Å². The standard InChI is InChI=1S/C14H16O/c1-10-8-13(9-11(10)2)12-4-6-14(15-3)7-5-12/h4-9,13H,1-3H3. The molecule has 0 N–H and O–H groups in total. The van der Waals surface area contributed by atoms with Gasteiger partial charge in [0.1, 0.15) is 5.75 Å². The number of benzene rings is 1. The molecule has 0 saturated carbocycles.